The van der Waals surface area contributed by atoms with Crippen molar-refractivity contribution < 1.29 is 38.5 Å². The number of carbonyl (C=O) groups excluding carboxylic acids is 1. The summed E-state index contributed by atoms with van der Waals surface area (Å²) in [5.41, 5.74) is -0.261. The van der Waals surface area contributed by atoms with E-state index in [9.17, 15) is 24.8 Å². The van der Waals surface area contributed by atoms with Crippen molar-refractivity contribution in [2.75, 3.05) is 27.5 Å². The molecule has 5 unspecified atom stereocenters. The summed E-state index contributed by atoms with van der Waals surface area (Å²) in [6.07, 6.45) is -0.964. The van der Waals surface area contributed by atoms with E-state index in [0.29, 0.717) is 5.76 Å². The maximum atomic E-state index is 12.5. The van der Waals surface area contributed by atoms with Crippen LogP contribution in [0, 0.1) is 10.1 Å². The molecule has 42 heavy (non-hydrogen) atoms. The topological polar surface area (TPSA) is 206 Å². The Labute approximate surface area is 239 Å². The van der Waals surface area contributed by atoms with Crippen molar-refractivity contribution in [1.29, 1.82) is 0 Å². The number of aliphatic hydroxyl groups is 1. The number of nitrogens with zero attached hydrogens (tertiary/aromatic N) is 6. The summed E-state index contributed by atoms with van der Waals surface area (Å²) in [7, 11) is 3.53. The molecular formula is C25H33N7O10. The Morgan fingerprint density at radius 2 is 2.21 bits per heavy atom. The van der Waals surface area contributed by atoms with E-state index in [0.717, 1.165) is 0 Å². The van der Waals surface area contributed by atoms with E-state index in [1.54, 1.807) is 32.8 Å². The highest BCUT2D eigenvalue weighted by molar-refractivity contribution is 5.74. The van der Waals surface area contributed by atoms with Gasteiger partial charge in [0.2, 0.25) is 5.95 Å². The Hall–Kier alpha value is -4.35. The SMILES string of the molecule is CC/C(=C(\C=C1\OCOC1C)[N+](=O)[O-])C(C)OC(=O)OCC1OC(n2ncc3c(=O)[nH]c(/N=C/N(C)C)nc32)CC1O. The van der Waals surface area contributed by atoms with Crippen LogP contribution in [0.1, 0.15) is 39.8 Å². The maximum absolute atomic E-state index is 12.5. The number of hydrogen-bond donors (Lipinski definition) is 2. The number of aliphatic hydroxyl groups excluding tert-OH is 1. The quantitative estimate of drug-likeness (QED) is 0.133. The van der Waals surface area contributed by atoms with Crippen molar-refractivity contribution in [3.05, 3.63) is 49.8 Å². The van der Waals surface area contributed by atoms with Gasteiger partial charge in [0, 0.05) is 26.1 Å². The Bertz CT molecular complexity index is 1460. The van der Waals surface area contributed by atoms with Crippen LogP contribution in [0.25, 0.3) is 11.0 Å². The molecule has 0 aromatic carbocycles. The molecule has 0 bridgehead atoms. The van der Waals surface area contributed by atoms with Gasteiger partial charge in [0.15, 0.2) is 18.7 Å². The number of H-pyrrole nitrogens is 1. The summed E-state index contributed by atoms with van der Waals surface area (Å²) >= 11 is 0. The maximum Gasteiger partial charge on any atom is 0.508 e. The van der Waals surface area contributed by atoms with Gasteiger partial charge in [0.25, 0.3) is 11.3 Å². The number of nitrogens with one attached hydrogen (secondary N) is 1. The number of fused-ring (bicyclic) bond motifs is 1. The third-order valence-electron chi connectivity index (χ3n) is 6.60. The molecule has 2 aromatic heterocycles. The molecule has 2 fully saturated rings. The zero-order chi connectivity index (χ0) is 30.6. The molecule has 2 aliphatic rings. The lowest BCUT2D eigenvalue weighted by Crippen LogP contribution is -2.29. The monoisotopic (exact) mass is 591 g/mol. The smallest absolute Gasteiger partial charge is 0.469 e. The molecule has 2 aromatic rings. The van der Waals surface area contributed by atoms with Crippen molar-refractivity contribution in [3.63, 3.8) is 0 Å². The number of aromatic nitrogens is 4. The van der Waals surface area contributed by atoms with E-state index in [1.165, 1.54) is 30.2 Å². The van der Waals surface area contributed by atoms with Crippen molar-refractivity contribution in [2.24, 2.45) is 4.99 Å². The zero-order valence-electron chi connectivity index (χ0n) is 23.8. The van der Waals surface area contributed by atoms with Crippen molar-refractivity contribution in [2.45, 2.75) is 64.3 Å². The molecule has 0 amide bonds. The second-order valence-electron chi connectivity index (χ2n) is 9.82. The second kappa shape index (κ2) is 13.1. The lowest BCUT2D eigenvalue weighted by atomic mass is 10.0. The third-order valence-corrected chi connectivity index (χ3v) is 6.60. The van der Waals surface area contributed by atoms with Crippen LogP contribution in [0.3, 0.4) is 0 Å². The van der Waals surface area contributed by atoms with Gasteiger partial charge >= 0.3 is 6.16 Å². The van der Waals surface area contributed by atoms with Gasteiger partial charge in [0.1, 0.15) is 36.1 Å². The van der Waals surface area contributed by atoms with E-state index < -0.39 is 47.3 Å². The summed E-state index contributed by atoms with van der Waals surface area (Å²) < 4.78 is 28.2. The van der Waals surface area contributed by atoms with Gasteiger partial charge in [-0.05, 0) is 20.3 Å². The highest BCUT2D eigenvalue weighted by atomic mass is 16.7. The Morgan fingerprint density at radius 3 is 2.86 bits per heavy atom. The molecule has 17 heteroatoms. The number of hydrogen-bond acceptors (Lipinski definition) is 13. The zero-order valence-corrected chi connectivity index (χ0v) is 23.8. The first-order valence-corrected chi connectivity index (χ1v) is 13.2. The number of nitro groups is 1. The molecule has 0 saturated carbocycles. The van der Waals surface area contributed by atoms with Gasteiger partial charge < -0.3 is 33.7 Å². The first-order valence-electron chi connectivity index (χ1n) is 13.2. The predicted molar refractivity (Wildman–Crippen MR) is 145 cm³/mol. The first kappa shape index (κ1) is 30.6. The summed E-state index contributed by atoms with van der Waals surface area (Å²) in [5.74, 6) is 0.361. The van der Waals surface area contributed by atoms with Crippen LogP contribution in [-0.4, -0.2) is 99.1 Å². The predicted octanol–water partition coefficient (Wildman–Crippen LogP) is 1.75. The third kappa shape index (κ3) is 6.92. The van der Waals surface area contributed by atoms with Crippen LogP contribution < -0.4 is 5.56 Å². The van der Waals surface area contributed by atoms with E-state index >= 15 is 0 Å². The summed E-state index contributed by atoms with van der Waals surface area (Å²) in [6.45, 7) is 4.51. The standard InChI is InChI=1S/C25H33N7O10/c1-6-15(17(32(36)37)7-19-14(3)39-12-40-19)13(2)41-25(35)38-10-20-18(33)8-21(42-20)31-22-16(9-27-31)23(34)29-24(28-22)26-11-30(4)5/h7,9,11,13-14,18,20-21,33H,6,8,10,12H2,1-5H3,(H,28,29,34)/b17-15-,19-7+,26-11+. The van der Waals surface area contributed by atoms with E-state index in [4.69, 9.17) is 23.7 Å². The molecule has 17 nitrogen and oxygen atoms in total. The molecule has 2 saturated heterocycles. The number of carbonyl (C=O) groups is 1. The van der Waals surface area contributed by atoms with E-state index in [1.807, 2.05) is 0 Å². The first-order chi connectivity index (χ1) is 20.0. The lowest BCUT2D eigenvalue weighted by molar-refractivity contribution is -0.421. The van der Waals surface area contributed by atoms with Crippen LogP contribution in [0.2, 0.25) is 0 Å². The minimum Gasteiger partial charge on any atom is -0.469 e. The van der Waals surface area contributed by atoms with Crippen LogP contribution in [0.15, 0.2) is 39.1 Å². The second-order valence-corrected chi connectivity index (χ2v) is 9.82. The van der Waals surface area contributed by atoms with Gasteiger partial charge in [-0.3, -0.25) is 19.9 Å². The van der Waals surface area contributed by atoms with Crippen LogP contribution in [0.5, 0.6) is 0 Å². The van der Waals surface area contributed by atoms with Crippen LogP contribution in [-0.2, 0) is 23.7 Å². The number of aromatic amines is 1. The number of ether oxygens (including phenoxy) is 5. The molecule has 0 aliphatic carbocycles. The molecule has 228 valence electrons. The summed E-state index contributed by atoms with van der Waals surface area (Å²) in [6, 6.07) is 0. The molecule has 2 N–H and O–H groups in total. The number of rotatable bonds is 10. The summed E-state index contributed by atoms with van der Waals surface area (Å²) in [4.78, 5) is 48.8. The van der Waals surface area contributed by atoms with E-state index in [2.05, 4.69) is 20.1 Å². The molecule has 4 heterocycles. The minimum atomic E-state index is -1.10. The normalized spacial score (nSPS) is 24.6. The Kier molecular flexibility index (Phi) is 9.54. The number of allylic oxidation sites excluding steroid dienone is 1. The van der Waals surface area contributed by atoms with Crippen LogP contribution in [0.4, 0.5) is 10.7 Å². The van der Waals surface area contributed by atoms with Gasteiger partial charge in [-0.2, -0.15) is 10.1 Å². The molecule has 5 atom stereocenters. The average molecular weight is 592 g/mol. The van der Waals surface area contributed by atoms with Crippen molar-refractivity contribution >= 4 is 29.5 Å². The average Bonchev–Trinajstić information content (AvgIpc) is 3.64. The number of aliphatic imine (C=N–C) groups is 1. The van der Waals surface area contributed by atoms with Crippen molar-refractivity contribution in [3.8, 4) is 0 Å². The fourth-order valence-electron chi connectivity index (χ4n) is 4.42. The largest absolute Gasteiger partial charge is 0.508 e. The Morgan fingerprint density at radius 1 is 1.45 bits per heavy atom. The molecule has 0 radical (unpaired) electrons. The fraction of sp³-hybridized carbons (Fsp3) is 0.560. The molecule has 4 rings (SSSR count). The van der Waals surface area contributed by atoms with Crippen molar-refractivity contribution in [1.82, 2.24) is 24.6 Å². The van der Waals surface area contributed by atoms with Gasteiger partial charge in [-0.15, -0.1) is 0 Å². The highest BCUT2D eigenvalue weighted by Gasteiger charge is 2.38. The van der Waals surface area contributed by atoms with E-state index in [-0.39, 0.29) is 54.5 Å². The Balaban J connectivity index is 1.41. The molecule has 0 spiro atoms. The lowest BCUT2D eigenvalue weighted by Gasteiger charge is -2.18. The van der Waals surface area contributed by atoms with Crippen LogP contribution >= 0.6 is 0 Å². The highest BCUT2D eigenvalue weighted by Crippen LogP contribution is 2.31. The van der Waals surface area contributed by atoms with Gasteiger partial charge in [0.05, 0.1) is 29.6 Å². The molecule has 2 aliphatic heterocycles. The summed E-state index contributed by atoms with van der Waals surface area (Å²) in [5, 5.41) is 26.8. The van der Waals surface area contributed by atoms with Gasteiger partial charge in [-0.25, -0.2) is 14.5 Å². The van der Waals surface area contributed by atoms with Gasteiger partial charge in [-0.1, -0.05) is 6.92 Å². The fourth-order valence-corrected chi connectivity index (χ4v) is 4.42. The minimum absolute atomic E-state index is 0.00837. The molecular weight excluding hydrogens is 558 g/mol.